The molecule has 10 nitrogen and oxygen atoms in total. The van der Waals surface area contributed by atoms with Crippen molar-refractivity contribution in [1.82, 2.24) is 4.90 Å². The van der Waals surface area contributed by atoms with Crippen LogP contribution < -0.4 is 43.0 Å². The van der Waals surface area contributed by atoms with Gasteiger partial charge in [0.25, 0.3) is 0 Å². The third-order valence-corrected chi connectivity index (χ3v) is 26.3. The summed E-state index contributed by atoms with van der Waals surface area (Å²) in [5.41, 5.74) is 32.3. The van der Waals surface area contributed by atoms with Crippen LogP contribution >= 0.6 is 0 Å². The molecule has 0 atom stereocenters. The third kappa shape index (κ3) is 45.1. The monoisotopic (exact) mass is 2040 g/mol. The number of para-hydroxylation sites is 9. The summed E-state index contributed by atoms with van der Waals surface area (Å²) in [5, 5.41) is 0. The largest absolute Gasteiger partial charge is 0.493 e. The summed E-state index contributed by atoms with van der Waals surface area (Å²) >= 11 is 0. The number of fused-ring (bicyclic) bond motifs is 12. The predicted octanol–water partition coefficient (Wildman–Crippen LogP) is 37.5. The molecule has 0 spiro atoms. The molecule has 0 aromatic heterocycles. The maximum Gasteiger partial charge on any atom is 0.231 e. The number of benzene rings is 12. The zero-order valence-corrected chi connectivity index (χ0v) is 98.5. The van der Waals surface area contributed by atoms with Crippen molar-refractivity contribution in [2.24, 2.45) is 0 Å². The minimum absolute atomic E-state index is 0.360. The highest BCUT2D eigenvalue weighted by atomic mass is 16.7. The van der Waals surface area contributed by atoms with E-state index in [-0.39, 0.29) is 0 Å². The summed E-state index contributed by atoms with van der Waals surface area (Å²) in [7, 11) is 4.26. The van der Waals surface area contributed by atoms with Crippen LogP contribution in [0.5, 0.6) is 40.2 Å². The molecule has 0 bridgehead atoms. The molecule has 8 heterocycles. The number of anilines is 2. The lowest BCUT2D eigenvalue weighted by Crippen LogP contribution is -2.34. The molecule has 10 heteroatoms. The fourth-order valence-corrected chi connectivity index (χ4v) is 19.5. The van der Waals surface area contributed by atoms with Gasteiger partial charge >= 0.3 is 0 Å². The Morgan fingerprint density at radius 3 is 1.01 bits per heavy atom. The molecule has 12 aromatic carbocycles. The van der Waals surface area contributed by atoms with Gasteiger partial charge in [-0.1, -0.05) is 389 Å². The molecule has 6 aliphatic carbocycles. The molecule has 12 aromatic rings. The number of hydrogen-bond acceptors (Lipinski definition) is 10. The molecule has 0 radical (unpaired) electrons. The Labute approximate surface area is 916 Å². The van der Waals surface area contributed by atoms with Gasteiger partial charge in [-0.2, -0.15) is 0 Å². The molecule has 0 saturated heterocycles. The van der Waals surface area contributed by atoms with E-state index in [0.717, 1.165) is 92.6 Å². The van der Waals surface area contributed by atoms with Crippen LogP contribution in [0.1, 0.15) is 341 Å². The molecule has 818 valence electrons. The molecule has 0 unspecified atom stereocenters. The van der Waals surface area contributed by atoms with Crippen LogP contribution in [0.3, 0.4) is 0 Å². The van der Waals surface area contributed by atoms with Crippen LogP contribution in [-0.2, 0) is 103 Å². The van der Waals surface area contributed by atoms with Gasteiger partial charge in [0.15, 0.2) is 23.0 Å². The Bertz CT molecular complexity index is 5090. The van der Waals surface area contributed by atoms with Crippen molar-refractivity contribution >= 4 is 23.5 Å². The SMILES string of the molecule is C1=Cc2ccccc2CC1.C1=Cc2ccccc2OC1.CC.CC.CC.CC.CC.CC.CC.CC.CC.CC.CC.CN1CCOc2ccccc21.CN1CCc2ccccc2C1.Cc1c2c(cc3c1CCCC3)CCCC2.c1cc2c3c(c1)CCCN3CCC2.c1ccc2c(c1)CCC2.c1ccc2c(c1)CCC2.c1ccc2c(c1)CCCC2.c1ccc2c(c1)CCCO2.c1ccc2c(c1)OCCCO2.c1ccc2c(c1)OCO2. The minimum atomic E-state index is 0.360. The molecule has 0 N–H and O–H groups in total. The van der Waals surface area contributed by atoms with Crippen LogP contribution in [0.2, 0.25) is 0 Å². The van der Waals surface area contributed by atoms with Crippen molar-refractivity contribution in [3.63, 3.8) is 0 Å². The van der Waals surface area contributed by atoms with Crippen molar-refractivity contribution in [3.8, 4) is 40.2 Å². The topological polar surface area (TPSA) is 74.3 Å². The summed E-state index contributed by atoms with van der Waals surface area (Å²) in [4.78, 5) is 7.15. The summed E-state index contributed by atoms with van der Waals surface area (Å²) in [6.07, 6.45) is 45.1. The zero-order chi connectivity index (χ0) is 109. The Morgan fingerprint density at radius 2 is 0.553 bits per heavy atom. The Kier molecular flexibility index (Phi) is 72.2. The normalized spacial score (nSPS) is 14.5. The van der Waals surface area contributed by atoms with Crippen LogP contribution in [0.25, 0.3) is 12.2 Å². The van der Waals surface area contributed by atoms with Gasteiger partial charge in [-0.3, -0.25) is 0 Å². The van der Waals surface area contributed by atoms with Gasteiger partial charge in [0.05, 0.1) is 32.1 Å². The average molecular weight is 2040 g/mol. The number of ether oxygens (including phenoxy) is 7. The molecule has 150 heavy (non-hydrogen) atoms. The van der Waals surface area contributed by atoms with Crippen LogP contribution in [0.4, 0.5) is 11.4 Å². The van der Waals surface area contributed by atoms with Gasteiger partial charge in [0, 0.05) is 50.9 Å². The number of allylic oxidation sites excluding steroid dienone is 1. The van der Waals surface area contributed by atoms with Crippen molar-refractivity contribution in [3.05, 3.63) is 385 Å². The molecule has 26 rings (SSSR count). The van der Waals surface area contributed by atoms with Gasteiger partial charge in [0.1, 0.15) is 30.5 Å². The summed E-state index contributed by atoms with van der Waals surface area (Å²) < 4.78 is 37.2. The highest BCUT2D eigenvalue weighted by Gasteiger charge is 2.25. The first-order chi connectivity index (χ1) is 74.3. The van der Waals surface area contributed by atoms with E-state index in [4.69, 9.17) is 33.2 Å². The van der Waals surface area contributed by atoms with Crippen LogP contribution in [0.15, 0.2) is 279 Å². The van der Waals surface area contributed by atoms with Crippen molar-refractivity contribution in [2.45, 2.75) is 346 Å². The quantitative estimate of drug-likeness (QED) is 0.147. The van der Waals surface area contributed by atoms with E-state index in [1.807, 2.05) is 262 Å². The van der Waals surface area contributed by atoms with E-state index < -0.39 is 0 Å². The second-order valence-corrected chi connectivity index (χ2v) is 35.3. The highest BCUT2D eigenvalue weighted by Crippen LogP contribution is 2.38. The van der Waals surface area contributed by atoms with Gasteiger partial charge in [-0.05, 0) is 342 Å². The molecule has 14 aliphatic rings. The molecule has 0 amide bonds. The molecule has 0 fully saturated rings. The number of likely N-dealkylation sites (N-methyl/N-ethyl adjacent to an activating group) is 2. The first kappa shape index (κ1) is 131. The van der Waals surface area contributed by atoms with Crippen molar-refractivity contribution < 1.29 is 33.2 Å². The Hall–Kier alpha value is -11.7. The first-order valence-electron chi connectivity index (χ1n) is 59.2. The van der Waals surface area contributed by atoms with Gasteiger partial charge in [-0.15, -0.1) is 0 Å². The van der Waals surface area contributed by atoms with Gasteiger partial charge < -0.3 is 47.9 Å². The number of rotatable bonds is 0. The van der Waals surface area contributed by atoms with E-state index >= 15 is 0 Å². The van der Waals surface area contributed by atoms with Crippen molar-refractivity contribution in [1.29, 1.82) is 0 Å². The summed E-state index contributed by atoms with van der Waals surface area (Å²) in [6, 6.07) is 92.7. The fraction of sp³-hybridized carbons (Fsp3) is 0.457. The molecular weight excluding hydrogens is 1840 g/mol. The van der Waals surface area contributed by atoms with E-state index in [1.165, 1.54) is 226 Å². The molecular formula is C140H201N3O7. The minimum Gasteiger partial charge on any atom is -0.493 e. The highest BCUT2D eigenvalue weighted by molar-refractivity contribution is 5.64. The predicted molar refractivity (Wildman–Crippen MR) is 656 cm³/mol. The maximum absolute atomic E-state index is 5.45. The number of nitrogens with zero attached hydrogens (tertiary/aromatic N) is 3. The lowest BCUT2D eigenvalue weighted by atomic mass is 9.80. The van der Waals surface area contributed by atoms with Crippen LogP contribution in [-0.4, -0.2) is 85.0 Å². The Balaban J connectivity index is 0.000000335. The smallest absolute Gasteiger partial charge is 0.231 e. The molecule has 8 aliphatic heterocycles. The average Bonchev–Trinajstić information content (AvgIpc) is 1.03. The van der Waals surface area contributed by atoms with Gasteiger partial charge in [0.2, 0.25) is 6.79 Å². The van der Waals surface area contributed by atoms with E-state index in [1.54, 1.807) is 78.0 Å². The van der Waals surface area contributed by atoms with E-state index in [9.17, 15) is 0 Å². The number of aryl methyl sites for hydroxylation is 12. The standard InChI is InChI=1S/C15H20.C12H15N.C10H13N.C10H12.C10H10.C9H11NO.C9H10O2.C9H10O.C9H8O.2C9H10.C7H6O2.11C2H6/c1-11-14-8-4-2-6-12(14)10-13-7-3-5-9-15(11)13;1-4-10-6-2-8-13-9-3-7-11(5-1)12(10)13;1-11-7-6-9-4-2-3-5-10(9)8-11;2*1-2-6-10-8-4-3-7-9(10)5-1;1-10-6-7-11-9-5-3-2-4-8(9)10;1-2-5-9-8(4-1)10-6-3-7-11-9;2*1-2-6-9-8(4-1)5-3-7-10-9;2*1-2-5-9-7-3-6-8(9)4-1;1-2-4-7-6(3-1)8-5-9-7;11*1-2/h10H,2-9H2,1H3;1,4-5H,2-3,6-9H2;2-5H,6-8H2,1H3;1-2,5-6H,3-4,7-8H2;1-3,5-7H,4,8H2;2-5H,6-7H2,1H3;1-2,4-5H,3,6-7H2;1-2,4,6H,3,5,7H2;1-6H,7H2;2*1-2,4-5H,3,6-7H2;1-4H,5H2;11*1-2H3. The summed E-state index contributed by atoms with van der Waals surface area (Å²) in [6.45, 7) is 56.5. The lowest BCUT2D eigenvalue weighted by Gasteiger charge is -2.36. The van der Waals surface area contributed by atoms with E-state index in [2.05, 4.69) is 218 Å². The first-order valence-corrected chi connectivity index (χ1v) is 59.2. The second-order valence-electron chi connectivity index (χ2n) is 35.3. The van der Waals surface area contributed by atoms with E-state index in [0.29, 0.717) is 13.4 Å². The maximum atomic E-state index is 5.45. The number of hydrogen-bond donors (Lipinski definition) is 0. The second kappa shape index (κ2) is 83.0. The van der Waals surface area contributed by atoms with Gasteiger partial charge in [-0.25, -0.2) is 0 Å². The molecule has 0 saturated carbocycles. The third-order valence-electron chi connectivity index (χ3n) is 26.3. The zero-order valence-electron chi connectivity index (χ0n) is 98.5. The lowest BCUT2D eigenvalue weighted by molar-refractivity contribution is 0.174. The summed E-state index contributed by atoms with van der Waals surface area (Å²) in [5.74, 6) is 6.49. The fourth-order valence-electron chi connectivity index (χ4n) is 19.5. The Morgan fingerprint density at radius 1 is 0.220 bits per heavy atom. The van der Waals surface area contributed by atoms with Crippen LogP contribution in [0, 0.1) is 6.92 Å². The van der Waals surface area contributed by atoms with Crippen molar-refractivity contribution in [2.75, 3.05) is 89.9 Å².